The maximum Gasteiger partial charge on any atom is 0.0540 e. The minimum Gasteiger partial charge on any atom is -0.310 e. The summed E-state index contributed by atoms with van der Waals surface area (Å²) in [5, 5.41) is 10.2. The van der Waals surface area contributed by atoms with Gasteiger partial charge in [-0.2, -0.15) is 0 Å². The summed E-state index contributed by atoms with van der Waals surface area (Å²) in [5.41, 5.74) is 10.6. The van der Waals surface area contributed by atoms with Crippen LogP contribution < -0.4 is 4.90 Å². The molecule has 1 aromatic heterocycles. The Labute approximate surface area is 330 Å². The Bertz CT molecular complexity index is 3240. The standard InChI is InChI=1S/C54H35NS/c1-3-15-43-37(12-1)14-11-21-46(43)48-19-7-9-22-52(48)55(41-29-24-36(25-30-41)39-28-33-54-51(34-39)49-20-8-10-23-53(49)56-54)42-31-26-38(27-32-42)50-35-40-13-2-4-16-44(40)45-17-5-6-18-47(45)50/h1-35H. The maximum absolute atomic E-state index is 2.42. The highest BCUT2D eigenvalue weighted by Gasteiger charge is 2.19. The number of hydrogen-bond donors (Lipinski definition) is 0. The van der Waals surface area contributed by atoms with Crippen molar-refractivity contribution in [3.8, 4) is 33.4 Å². The van der Waals surface area contributed by atoms with E-state index in [1.807, 2.05) is 11.3 Å². The quantitative estimate of drug-likeness (QED) is 0.154. The molecule has 0 aliphatic rings. The van der Waals surface area contributed by atoms with Gasteiger partial charge >= 0.3 is 0 Å². The Kier molecular flexibility index (Phi) is 7.75. The molecule has 2 heteroatoms. The third-order valence-corrected chi connectivity index (χ3v) is 12.4. The number of para-hydroxylation sites is 1. The molecule has 0 bridgehead atoms. The predicted octanol–water partition coefficient (Wildman–Crippen LogP) is 16.0. The largest absolute Gasteiger partial charge is 0.310 e. The van der Waals surface area contributed by atoms with Crippen LogP contribution >= 0.6 is 11.3 Å². The molecule has 11 rings (SSSR count). The van der Waals surface area contributed by atoms with Crippen molar-refractivity contribution in [2.24, 2.45) is 0 Å². The van der Waals surface area contributed by atoms with Gasteiger partial charge in [-0.1, -0.05) is 158 Å². The molecule has 0 saturated carbocycles. The van der Waals surface area contributed by atoms with Gasteiger partial charge in [0.15, 0.2) is 0 Å². The highest BCUT2D eigenvalue weighted by molar-refractivity contribution is 7.25. The van der Waals surface area contributed by atoms with Crippen molar-refractivity contribution in [1.82, 2.24) is 0 Å². The van der Waals surface area contributed by atoms with E-state index in [2.05, 4.69) is 217 Å². The van der Waals surface area contributed by atoms with Crippen molar-refractivity contribution in [3.63, 3.8) is 0 Å². The molecule has 10 aromatic carbocycles. The summed E-state index contributed by atoms with van der Waals surface area (Å²) in [7, 11) is 0. The van der Waals surface area contributed by atoms with Crippen LogP contribution in [0.1, 0.15) is 0 Å². The zero-order valence-electron chi connectivity index (χ0n) is 30.6. The molecule has 0 atom stereocenters. The van der Waals surface area contributed by atoms with E-state index in [0.29, 0.717) is 0 Å². The molecule has 11 aromatic rings. The zero-order chi connectivity index (χ0) is 37.0. The molecular formula is C54H35NS. The van der Waals surface area contributed by atoms with E-state index in [1.54, 1.807) is 0 Å². The molecule has 0 spiro atoms. The number of hydrogen-bond acceptors (Lipinski definition) is 2. The van der Waals surface area contributed by atoms with Gasteiger partial charge in [0, 0.05) is 37.1 Å². The molecule has 262 valence electrons. The molecule has 0 radical (unpaired) electrons. The van der Waals surface area contributed by atoms with E-state index in [9.17, 15) is 0 Å². The summed E-state index contributed by atoms with van der Waals surface area (Å²) in [6, 6.07) is 77.8. The Hall–Kier alpha value is -7.00. The Morgan fingerprint density at radius 1 is 0.286 bits per heavy atom. The molecule has 0 amide bonds. The fourth-order valence-electron chi connectivity index (χ4n) is 8.58. The third-order valence-electron chi connectivity index (χ3n) is 11.3. The van der Waals surface area contributed by atoms with Crippen molar-refractivity contribution in [2.45, 2.75) is 0 Å². The first-order chi connectivity index (χ1) is 27.8. The highest BCUT2D eigenvalue weighted by atomic mass is 32.1. The highest BCUT2D eigenvalue weighted by Crippen LogP contribution is 2.44. The van der Waals surface area contributed by atoms with Gasteiger partial charge in [-0.3, -0.25) is 0 Å². The Morgan fingerprint density at radius 3 is 1.64 bits per heavy atom. The Morgan fingerprint density at radius 2 is 0.839 bits per heavy atom. The van der Waals surface area contributed by atoms with Gasteiger partial charge in [0.1, 0.15) is 0 Å². The number of rotatable bonds is 6. The van der Waals surface area contributed by atoms with Crippen LogP contribution in [0.15, 0.2) is 212 Å². The minimum absolute atomic E-state index is 1.10. The van der Waals surface area contributed by atoms with Gasteiger partial charge in [0.25, 0.3) is 0 Å². The SMILES string of the molecule is c1ccc(N(c2ccc(-c3ccc4sc5ccccc5c4c3)cc2)c2ccc(-c3cc4ccccc4c4ccccc34)cc2)c(-c2cccc3ccccc23)c1. The second kappa shape index (κ2) is 13.4. The van der Waals surface area contributed by atoms with Crippen molar-refractivity contribution < 1.29 is 0 Å². The van der Waals surface area contributed by atoms with E-state index in [0.717, 1.165) is 17.1 Å². The smallest absolute Gasteiger partial charge is 0.0540 e. The number of anilines is 3. The third kappa shape index (κ3) is 5.46. The zero-order valence-corrected chi connectivity index (χ0v) is 31.4. The fraction of sp³-hybridized carbons (Fsp3) is 0. The molecular weight excluding hydrogens is 695 g/mol. The second-order valence-corrected chi connectivity index (χ2v) is 15.6. The lowest BCUT2D eigenvalue weighted by Crippen LogP contribution is -2.11. The summed E-state index contributed by atoms with van der Waals surface area (Å²) in [6.07, 6.45) is 0. The van der Waals surface area contributed by atoms with Crippen LogP contribution in [-0.4, -0.2) is 0 Å². The van der Waals surface area contributed by atoms with Crippen LogP contribution in [-0.2, 0) is 0 Å². The lowest BCUT2D eigenvalue weighted by Gasteiger charge is -2.28. The fourth-order valence-corrected chi connectivity index (χ4v) is 9.66. The van der Waals surface area contributed by atoms with Crippen LogP contribution in [0.2, 0.25) is 0 Å². The predicted molar refractivity (Wildman–Crippen MR) is 243 cm³/mol. The van der Waals surface area contributed by atoms with E-state index < -0.39 is 0 Å². The van der Waals surface area contributed by atoms with Crippen LogP contribution in [0.25, 0.3) is 85.9 Å². The van der Waals surface area contributed by atoms with Gasteiger partial charge in [-0.25, -0.2) is 0 Å². The molecule has 1 nitrogen and oxygen atoms in total. The normalized spacial score (nSPS) is 11.6. The summed E-state index contributed by atoms with van der Waals surface area (Å²) in [6.45, 7) is 0. The van der Waals surface area contributed by atoms with Crippen molar-refractivity contribution in [2.75, 3.05) is 4.90 Å². The molecule has 1 heterocycles. The minimum atomic E-state index is 1.10. The second-order valence-electron chi connectivity index (χ2n) is 14.5. The lowest BCUT2D eigenvalue weighted by atomic mass is 9.93. The van der Waals surface area contributed by atoms with Crippen LogP contribution in [0.4, 0.5) is 17.1 Å². The number of fused-ring (bicyclic) bond motifs is 7. The van der Waals surface area contributed by atoms with Crippen molar-refractivity contribution in [3.05, 3.63) is 212 Å². The molecule has 0 aliphatic carbocycles. The number of nitrogens with zero attached hydrogens (tertiary/aromatic N) is 1. The molecule has 0 fully saturated rings. The summed E-state index contributed by atoms with van der Waals surface area (Å²) >= 11 is 1.86. The molecule has 0 unspecified atom stereocenters. The van der Waals surface area contributed by atoms with Gasteiger partial charge in [-0.15, -0.1) is 11.3 Å². The summed E-state index contributed by atoms with van der Waals surface area (Å²) < 4.78 is 2.65. The van der Waals surface area contributed by atoms with Gasteiger partial charge in [0.2, 0.25) is 0 Å². The molecule has 56 heavy (non-hydrogen) atoms. The average Bonchev–Trinajstić information content (AvgIpc) is 3.65. The first kappa shape index (κ1) is 32.4. The first-order valence-electron chi connectivity index (χ1n) is 19.2. The summed E-state index contributed by atoms with van der Waals surface area (Å²) in [4.78, 5) is 2.42. The van der Waals surface area contributed by atoms with Crippen LogP contribution in [0, 0.1) is 0 Å². The molecule has 0 saturated heterocycles. The average molecular weight is 730 g/mol. The van der Waals surface area contributed by atoms with E-state index >= 15 is 0 Å². The van der Waals surface area contributed by atoms with Gasteiger partial charge < -0.3 is 4.90 Å². The summed E-state index contributed by atoms with van der Waals surface area (Å²) in [5.74, 6) is 0. The van der Waals surface area contributed by atoms with E-state index in [1.165, 1.54) is 85.9 Å². The Balaban J connectivity index is 1.06. The van der Waals surface area contributed by atoms with Gasteiger partial charge in [-0.05, 0) is 115 Å². The van der Waals surface area contributed by atoms with Crippen molar-refractivity contribution in [1.29, 1.82) is 0 Å². The van der Waals surface area contributed by atoms with Crippen LogP contribution in [0.5, 0.6) is 0 Å². The first-order valence-corrected chi connectivity index (χ1v) is 20.0. The van der Waals surface area contributed by atoms with E-state index in [-0.39, 0.29) is 0 Å². The van der Waals surface area contributed by atoms with Crippen LogP contribution in [0.3, 0.4) is 0 Å². The lowest BCUT2D eigenvalue weighted by molar-refractivity contribution is 1.28. The molecule has 0 N–H and O–H groups in total. The topological polar surface area (TPSA) is 3.24 Å². The number of benzene rings is 10. The van der Waals surface area contributed by atoms with Gasteiger partial charge in [0.05, 0.1) is 5.69 Å². The molecule has 0 aliphatic heterocycles. The van der Waals surface area contributed by atoms with Crippen molar-refractivity contribution >= 4 is 80.9 Å². The van der Waals surface area contributed by atoms with E-state index in [4.69, 9.17) is 0 Å². The number of thiophene rings is 1. The monoisotopic (exact) mass is 729 g/mol. The maximum atomic E-state index is 2.42.